The molecule has 0 radical (unpaired) electrons. The van der Waals surface area contributed by atoms with Gasteiger partial charge in [0.05, 0.1) is 0 Å². The van der Waals surface area contributed by atoms with Crippen LogP contribution in [0, 0.1) is 17.8 Å². The summed E-state index contributed by atoms with van der Waals surface area (Å²) in [5.74, 6) is 5.36. The number of hydrogen-bond donors (Lipinski definition) is 0. The van der Waals surface area contributed by atoms with E-state index in [-0.39, 0.29) is 0 Å². The monoisotopic (exact) mass is 300 g/mol. The molecule has 4 aliphatic carbocycles. The smallest absolute Gasteiger partial charge is 0.226 e. The zero-order valence-corrected chi connectivity index (χ0v) is 13.8. The van der Waals surface area contributed by atoms with E-state index in [0.717, 1.165) is 36.8 Å². The van der Waals surface area contributed by atoms with Crippen molar-refractivity contribution in [1.29, 1.82) is 0 Å². The molecule has 120 valence electrons. The van der Waals surface area contributed by atoms with Gasteiger partial charge in [-0.15, -0.1) is 10.2 Å². The molecule has 0 unspecified atom stereocenters. The fourth-order valence-corrected chi connectivity index (χ4v) is 6.54. The highest BCUT2D eigenvalue weighted by Gasteiger charge is 2.53. The molecule has 2 heterocycles. The minimum atomic E-state index is 0.366. The molecule has 22 heavy (non-hydrogen) atoms. The van der Waals surface area contributed by atoms with Gasteiger partial charge in [0.25, 0.3) is 0 Å². The molecule has 4 nitrogen and oxygen atoms in total. The quantitative estimate of drug-likeness (QED) is 0.840. The molecule has 0 N–H and O–H groups in total. The van der Waals surface area contributed by atoms with Gasteiger partial charge in [-0.2, -0.15) is 0 Å². The molecular formula is C18H28N4. The van der Waals surface area contributed by atoms with Crippen molar-refractivity contribution in [2.24, 2.45) is 24.8 Å². The molecule has 4 saturated carbocycles. The summed E-state index contributed by atoms with van der Waals surface area (Å²) in [5, 5.41) is 9.39. The van der Waals surface area contributed by atoms with Crippen molar-refractivity contribution in [3.63, 3.8) is 0 Å². The predicted octanol–water partition coefficient (Wildman–Crippen LogP) is 3.27. The molecule has 1 aromatic rings. The van der Waals surface area contributed by atoms with Gasteiger partial charge >= 0.3 is 0 Å². The van der Waals surface area contributed by atoms with Gasteiger partial charge in [-0.3, -0.25) is 4.57 Å². The second kappa shape index (κ2) is 4.72. The van der Waals surface area contributed by atoms with Crippen LogP contribution in [0.3, 0.4) is 0 Å². The van der Waals surface area contributed by atoms with Crippen LogP contribution in [-0.2, 0) is 12.5 Å². The van der Waals surface area contributed by atoms with Gasteiger partial charge in [0.15, 0.2) is 0 Å². The molecule has 1 aromatic heterocycles. The Morgan fingerprint density at radius 3 is 2.05 bits per heavy atom. The Kier molecular flexibility index (Phi) is 2.87. The van der Waals surface area contributed by atoms with Crippen LogP contribution in [0.15, 0.2) is 0 Å². The van der Waals surface area contributed by atoms with Gasteiger partial charge in [-0.25, -0.2) is 0 Å². The zero-order chi connectivity index (χ0) is 14.7. The average molecular weight is 300 g/mol. The molecule has 1 saturated heterocycles. The van der Waals surface area contributed by atoms with Gasteiger partial charge in [0.2, 0.25) is 5.95 Å². The van der Waals surface area contributed by atoms with Gasteiger partial charge in [0.1, 0.15) is 5.82 Å². The number of hydrogen-bond acceptors (Lipinski definition) is 3. The van der Waals surface area contributed by atoms with Gasteiger partial charge in [0, 0.05) is 25.6 Å². The Bertz CT molecular complexity index is 534. The second-order valence-corrected chi connectivity index (χ2v) is 8.63. The molecule has 5 aliphatic rings. The van der Waals surface area contributed by atoms with E-state index >= 15 is 0 Å². The third-order valence-electron chi connectivity index (χ3n) is 7.00. The van der Waals surface area contributed by atoms with E-state index in [1.54, 1.807) is 0 Å². The molecule has 0 aromatic carbocycles. The molecule has 6 rings (SSSR count). The maximum atomic E-state index is 4.75. The second-order valence-electron chi connectivity index (χ2n) is 8.63. The molecule has 4 heteroatoms. The minimum absolute atomic E-state index is 0.366. The van der Waals surface area contributed by atoms with Crippen molar-refractivity contribution >= 4 is 5.95 Å². The van der Waals surface area contributed by atoms with E-state index in [1.165, 1.54) is 63.6 Å². The van der Waals surface area contributed by atoms with E-state index in [0.29, 0.717) is 5.41 Å². The SMILES string of the molecule is Cn1c(N2CCCCC2)nnc1C12CC3CC(CC(C3)C1)C2. The molecular weight excluding hydrogens is 272 g/mol. The summed E-state index contributed by atoms with van der Waals surface area (Å²) in [4.78, 5) is 2.46. The first-order chi connectivity index (χ1) is 10.7. The highest BCUT2D eigenvalue weighted by molar-refractivity contribution is 5.34. The Morgan fingerprint density at radius 1 is 0.864 bits per heavy atom. The summed E-state index contributed by atoms with van der Waals surface area (Å²) in [6.07, 6.45) is 12.6. The third-order valence-corrected chi connectivity index (χ3v) is 7.00. The summed E-state index contributed by atoms with van der Waals surface area (Å²) < 4.78 is 2.36. The largest absolute Gasteiger partial charge is 0.341 e. The number of nitrogens with zero attached hydrogens (tertiary/aromatic N) is 4. The van der Waals surface area contributed by atoms with Crippen molar-refractivity contribution in [3.8, 4) is 0 Å². The predicted molar refractivity (Wildman–Crippen MR) is 86.9 cm³/mol. The number of aromatic nitrogens is 3. The summed E-state index contributed by atoms with van der Waals surface area (Å²) in [6.45, 7) is 2.32. The van der Waals surface area contributed by atoms with Crippen molar-refractivity contribution in [1.82, 2.24) is 14.8 Å². The van der Waals surface area contributed by atoms with Crippen LogP contribution < -0.4 is 4.90 Å². The summed E-state index contributed by atoms with van der Waals surface area (Å²) in [7, 11) is 2.22. The highest BCUT2D eigenvalue weighted by Crippen LogP contribution is 2.60. The van der Waals surface area contributed by atoms with Crippen molar-refractivity contribution in [2.45, 2.75) is 63.2 Å². The first-order valence-corrected chi connectivity index (χ1v) is 9.38. The van der Waals surface area contributed by atoms with Gasteiger partial charge in [-0.05, 0) is 75.5 Å². The van der Waals surface area contributed by atoms with E-state index < -0.39 is 0 Å². The fourth-order valence-electron chi connectivity index (χ4n) is 6.54. The van der Waals surface area contributed by atoms with Crippen molar-refractivity contribution in [2.75, 3.05) is 18.0 Å². The van der Waals surface area contributed by atoms with Crippen LogP contribution in [0.5, 0.6) is 0 Å². The lowest BCUT2D eigenvalue weighted by molar-refractivity contribution is -0.0107. The molecule has 4 bridgehead atoms. The van der Waals surface area contributed by atoms with Crippen molar-refractivity contribution in [3.05, 3.63) is 5.82 Å². The lowest BCUT2D eigenvalue weighted by Gasteiger charge is -2.56. The topological polar surface area (TPSA) is 34.0 Å². The summed E-state index contributed by atoms with van der Waals surface area (Å²) in [5.41, 5.74) is 0.366. The molecule has 0 spiro atoms. The Labute approximate surface area is 133 Å². The minimum Gasteiger partial charge on any atom is -0.341 e. The molecule has 1 aliphatic heterocycles. The molecule has 0 amide bonds. The van der Waals surface area contributed by atoms with E-state index in [1.807, 2.05) is 0 Å². The lowest BCUT2D eigenvalue weighted by Crippen LogP contribution is -2.49. The standard InChI is InChI=1S/C18H28N4/c1-21-16(19-20-17(21)22-5-3-2-4-6-22)18-10-13-7-14(11-18)9-15(8-13)12-18/h13-15H,2-12H2,1H3. The first-order valence-electron chi connectivity index (χ1n) is 9.38. The van der Waals surface area contributed by atoms with Crippen LogP contribution in [0.4, 0.5) is 5.95 Å². The van der Waals surface area contributed by atoms with E-state index in [9.17, 15) is 0 Å². The number of anilines is 1. The van der Waals surface area contributed by atoms with Crippen LogP contribution >= 0.6 is 0 Å². The summed E-state index contributed by atoms with van der Waals surface area (Å²) >= 11 is 0. The Morgan fingerprint density at radius 2 is 1.45 bits per heavy atom. The Balaban J connectivity index is 1.49. The van der Waals surface area contributed by atoms with Crippen LogP contribution in [0.2, 0.25) is 0 Å². The fraction of sp³-hybridized carbons (Fsp3) is 0.889. The normalized spacial score (nSPS) is 40.4. The van der Waals surface area contributed by atoms with Gasteiger partial charge < -0.3 is 4.90 Å². The maximum absolute atomic E-state index is 4.75. The van der Waals surface area contributed by atoms with E-state index in [2.05, 4.69) is 21.6 Å². The van der Waals surface area contributed by atoms with Crippen LogP contribution in [0.1, 0.15) is 63.6 Å². The number of rotatable bonds is 2. The van der Waals surface area contributed by atoms with E-state index in [4.69, 9.17) is 5.10 Å². The molecule has 5 fully saturated rings. The Hall–Kier alpha value is -1.06. The maximum Gasteiger partial charge on any atom is 0.226 e. The number of piperidine rings is 1. The van der Waals surface area contributed by atoms with Crippen LogP contribution in [0.25, 0.3) is 0 Å². The lowest BCUT2D eigenvalue weighted by atomic mass is 9.49. The van der Waals surface area contributed by atoms with Crippen LogP contribution in [-0.4, -0.2) is 27.9 Å². The summed E-state index contributed by atoms with van der Waals surface area (Å²) in [6, 6.07) is 0. The van der Waals surface area contributed by atoms with Crippen molar-refractivity contribution < 1.29 is 0 Å². The average Bonchev–Trinajstić information content (AvgIpc) is 2.89. The first kappa shape index (κ1) is 13.4. The highest BCUT2D eigenvalue weighted by atomic mass is 15.4. The zero-order valence-electron chi connectivity index (χ0n) is 13.8. The van der Waals surface area contributed by atoms with Gasteiger partial charge in [-0.1, -0.05) is 0 Å². The third kappa shape index (κ3) is 1.88. The molecule has 0 atom stereocenters.